The van der Waals surface area contributed by atoms with Gasteiger partial charge in [-0.1, -0.05) is 78.9 Å². The lowest BCUT2D eigenvalue weighted by molar-refractivity contribution is -0.180. The van der Waals surface area contributed by atoms with E-state index in [1.807, 2.05) is 57.2 Å². The molecule has 1 aliphatic rings. The van der Waals surface area contributed by atoms with Crippen molar-refractivity contribution in [3.8, 4) is 5.75 Å². The number of pyridine rings is 1. The molecule has 0 spiro atoms. The number of aryl methyl sites for hydroxylation is 1. The highest BCUT2D eigenvalue weighted by Crippen LogP contribution is 2.37. The Kier molecular flexibility index (Phi) is 5.32. The molecule has 1 aliphatic heterocycles. The molecule has 3 aromatic rings. The van der Waals surface area contributed by atoms with E-state index < -0.39 is 5.79 Å². The molecule has 29 heavy (non-hydrogen) atoms. The first-order valence-corrected chi connectivity index (χ1v) is 9.84. The van der Waals surface area contributed by atoms with Gasteiger partial charge in [0.05, 0.1) is 18.0 Å². The number of fused-ring (bicyclic) bond motifs is 1. The molecule has 0 N–H and O–H groups in total. The van der Waals surface area contributed by atoms with Crippen molar-refractivity contribution < 1.29 is 9.47 Å². The lowest BCUT2D eigenvalue weighted by atomic mass is 10.0. The second-order valence-electron chi connectivity index (χ2n) is 7.58. The number of benzene rings is 2. The molecule has 3 nitrogen and oxygen atoms in total. The first-order chi connectivity index (χ1) is 14.0. The van der Waals surface area contributed by atoms with Crippen molar-refractivity contribution in [3.05, 3.63) is 94.3 Å². The minimum Gasteiger partial charge on any atom is -0.461 e. The Hall–Kier alpha value is -3.17. The third kappa shape index (κ3) is 4.47. The summed E-state index contributed by atoms with van der Waals surface area (Å²) in [5.41, 5.74) is 6.12. The van der Waals surface area contributed by atoms with Crippen LogP contribution in [0.3, 0.4) is 0 Å². The van der Waals surface area contributed by atoms with Crippen LogP contribution in [0.1, 0.15) is 47.5 Å². The first kappa shape index (κ1) is 19.2. The van der Waals surface area contributed by atoms with Crippen LogP contribution in [0, 0.1) is 6.92 Å². The molecular formula is C26H25NO2. The fourth-order valence-corrected chi connectivity index (χ4v) is 3.38. The fraction of sp³-hybridized carbons (Fsp3) is 0.192. The van der Waals surface area contributed by atoms with E-state index >= 15 is 0 Å². The Bertz CT molecular complexity index is 1050. The van der Waals surface area contributed by atoms with Gasteiger partial charge in [-0.05, 0) is 24.1 Å². The minimum atomic E-state index is -0.652. The van der Waals surface area contributed by atoms with Crippen LogP contribution < -0.4 is 4.74 Å². The molecule has 2 aromatic carbocycles. The maximum atomic E-state index is 6.12. The van der Waals surface area contributed by atoms with Gasteiger partial charge in [0, 0.05) is 25.0 Å². The van der Waals surface area contributed by atoms with Gasteiger partial charge in [0.15, 0.2) is 5.75 Å². The molecule has 0 radical (unpaired) electrons. The zero-order chi connectivity index (χ0) is 20.3. The van der Waals surface area contributed by atoms with Crippen LogP contribution in [-0.2, 0) is 11.3 Å². The molecule has 146 valence electrons. The molecule has 0 aliphatic carbocycles. The van der Waals surface area contributed by atoms with Gasteiger partial charge in [0.25, 0.3) is 0 Å². The minimum absolute atomic E-state index is 0.492. The molecule has 4 rings (SSSR count). The van der Waals surface area contributed by atoms with Crippen molar-refractivity contribution in [2.75, 3.05) is 0 Å². The highest BCUT2D eigenvalue weighted by molar-refractivity contribution is 5.80. The second-order valence-corrected chi connectivity index (χ2v) is 7.58. The summed E-state index contributed by atoms with van der Waals surface area (Å²) in [6, 6.07) is 20.5. The van der Waals surface area contributed by atoms with Crippen LogP contribution in [-0.4, -0.2) is 10.8 Å². The van der Waals surface area contributed by atoms with Gasteiger partial charge in [0.1, 0.15) is 0 Å². The molecule has 0 amide bonds. The number of hydrogen-bond donors (Lipinski definition) is 0. The summed E-state index contributed by atoms with van der Waals surface area (Å²) in [7, 11) is 0. The Morgan fingerprint density at radius 3 is 2.03 bits per heavy atom. The Labute approximate surface area is 172 Å². The smallest absolute Gasteiger partial charge is 0.205 e. The number of nitrogens with zero attached hydrogens (tertiary/aromatic N) is 1. The molecule has 0 atom stereocenters. The molecule has 2 heterocycles. The molecular weight excluding hydrogens is 358 g/mol. The highest BCUT2D eigenvalue weighted by atomic mass is 16.7. The van der Waals surface area contributed by atoms with Crippen LogP contribution in [0.5, 0.6) is 5.75 Å². The van der Waals surface area contributed by atoms with Gasteiger partial charge in [-0.15, -0.1) is 0 Å². The standard InChI is InChI=1S/C26H25NO2/c1-19-25-23(18-28-26(2,3)29-25)22(16-14-20-10-6-4-7-11-20)24(27-19)17-15-21-12-8-5-9-13-21/h4-17H,18H2,1-3H3/b16-14-,17-15+. The zero-order valence-electron chi connectivity index (χ0n) is 17.1. The number of aromatic nitrogens is 1. The summed E-state index contributed by atoms with van der Waals surface area (Å²) in [5, 5.41) is 0. The predicted octanol–water partition coefficient (Wildman–Crippen LogP) is 6.38. The first-order valence-electron chi connectivity index (χ1n) is 9.84. The normalized spacial score (nSPS) is 15.4. The van der Waals surface area contributed by atoms with Crippen molar-refractivity contribution >= 4 is 24.3 Å². The maximum Gasteiger partial charge on any atom is 0.205 e. The van der Waals surface area contributed by atoms with Gasteiger partial charge in [0.2, 0.25) is 5.79 Å². The summed E-state index contributed by atoms with van der Waals surface area (Å²) in [5.74, 6) is 0.173. The number of hydrogen-bond acceptors (Lipinski definition) is 3. The largest absolute Gasteiger partial charge is 0.461 e. The lowest BCUT2D eigenvalue weighted by Crippen LogP contribution is -2.36. The molecule has 0 bridgehead atoms. The average molecular weight is 383 g/mol. The Morgan fingerprint density at radius 2 is 1.41 bits per heavy atom. The van der Waals surface area contributed by atoms with Crippen molar-refractivity contribution in [3.63, 3.8) is 0 Å². The van der Waals surface area contributed by atoms with Crippen LogP contribution in [0.15, 0.2) is 60.7 Å². The summed E-state index contributed by atoms with van der Waals surface area (Å²) in [6.07, 6.45) is 8.36. The van der Waals surface area contributed by atoms with Gasteiger partial charge in [-0.3, -0.25) is 0 Å². The second kappa shape index (κ2) is 8.06. The van der Waals surface area contributed by atoms with Crippen molar-refractivity contribution in [1.82, 2.24) is 4.98 Å². The monoisotopic (exact) mass is 383 g/mol. The van der Waals surface area contributed by atoms with Gasteiger partial charge in [-0.2, -0.15) is 0 Å². The predicted molar refractivity (Wildman–Crippen MR) is 119 cm³/mol. The molecule has 3 heteroatoms. The van der Waals surface area contributed by atoms with Crippen LogP contribution in [0.4, 0.5) is 0 Å². The van der Waals surface area contributed by atoms with Gasteiger partial charge >= 0.3 is 0 Å². The highest BCUT2D eigenvalue weighted by Gasteiger charge is 2.31. The summed E-state index contributed by atoms with van der Waals surface area (Å²) < 4.78 is 12.1. The van der Waals surface area contributed by atoms with E-state index in [0.29, 0.717) is 6.61 Å². The lowest BCUT2D eigenvalue weighted by Gasteiger charge is -2.34. The van der Waals surface area contributed by atoms with E-state index in [1.165, 1.54) is 0 Å². The molecule has 0 saturated carbocycles. The zero-order valence-corrected chi connectivity index (χ0v) is 17.1. The molecule has 1 aromatic heterocycles. The summed E-state index contributed by atoms with van der Waals surface area (Å²) >= 11 is 0. The van der Waals surface area contributed by atoms with Crippen LogP contribution >= 0.6 is 0 Å². The van der Waals surface area contributed by atoms with Crippen molar-refractivity contribution in [1.29, 1.82) is 0 Å². The third-order valence-corrected chi connectivity index (χ3v) is 4.88. The molecule has 0 saturated heterocycles. The maximum absolute atomic E-state index is 6.12. The number of rotatable bonds is 4. The molecule has 0 unspecified atom stereocenters. The quantitative estimate of drug-likeness (QED) is 0.524. The van der Waals surface area contributed by atoms with Crippen molar-refractivity contribution in [2.24, 2.45) is 0 Å². The van der Waals surface area contributed by atoms with Gasteiger partial charge in [-0.25, -0.2) is 4.98 Å². The van der Waals surface area contributed by atoms with E-state index in [2.05, 4.69) is 48.6 Å². The topological polar surface area (TPSA) is 31.4 Å². The Balaban J connectivity index is 1.80. The average Bonchev–Trinajstić information content (AvgIpc) is 2.73. The number of ether oxygens (including phenoxy) is 2. The Morgan fingerprint density at radius 1 is 0.828 bits per heavy atom. The van der Waals surface area contributed by atoms with E-state index in [9.17, 15) is 0 Å². The van der Waals surface area contributed by atoms with Crippen LogP contribution in [0.25, 0.3) is 24.3 Å². The van der Waals surface area contributed by atoms with E-state index in [4.69, 9.17) is 14.5 Å². The van der Waals surface area contributed by atoms with Crippen molar-refractivity contribution in [2.45, 2.75) is 33.2 Å². The fourth-order valence-electron chi connectivity index (χ4n) is 3.38. The van der Waals surface area contributed by atoms with Crippen LogP contribution in [0.2, 0.25) is 0 Å². The SMILES string of the molecule is Cc1nc(/C=C/c2ccccc2)c(/C=C\c2ccccc2)c2c1OC(C)(C)OC2. The summed E-state index contributed by atoms with van der Waals surface area (Å²) in [6.45, 7) is 6.34. The third-order valence-electron chi connectivity index (χ3n) is 4.88. The van der Waals surface area contributed by atoms with E-state index in [-0.39, 0.29) is 0 Å². The van der Waals surface area contributed by atoms with E-state index in [1.54, 1.807) is 0 Å². The van der Waals surface area contributed by atoms with E-state index in [0.717, 1.165) is 39.4 Å². The molecule has 0 fully saturated rings. The summed E-state index contributed by atoms with van der Waals surface area (Å²) in [4.78, 5) is 4.86. The van der Waals surface area contributed by atoms with Gasteiger partial charge < -0.3 is 9.47 Å².